The molecule has 0 amide bonds. The Hall–Kier alpha value is -1.58. The molecule has 0 aromatic heterocycles. The molecule has 0 atom stereocenters. The zero-order valence-corrected chi connectivity index (χ0v) is 9.55. The van der Waals surface area contributed by atoms with Gasteiger partial charge in [-0.3, -0.25) is 4.79 Å². The zero-order chi connectivity index (χ0) is 12.0. The van der Waals surface area contributed by atoms with Crippen molar-refractivity contribution < 1.29 is 13.9 Å². The maximum Gasteiger partial charge on any atom is 0.307 e. The SMILES string of the molecule is CCOC(=O)CCNc1ccc(F)cc1C. The molecule has 1 aromatic carbocycles. The predicted molar refractivity (Wildman–Crippen MR) is 60.9 cm³/mol. The summed E-state index contributed by atoms with van der Waals surface area (Å²) in [5.41, 5.74) is 1.66. The van der Waals surface area contributed by atoms with E-state index in [1.807, 2.05) is 6.92 Å². The molecule has 1 N–H and O–H groups in total. The Morgan fingerprint density at radius 3 is 2.88 bits per heavy atom. The van der Waals surface area contributed by atoms with Gasteiger partial charge in [-0.2, -0.15) is 0 Å². The number of nitrogens with one attached hydrogen (secondary N) is 1. The molecular weight excluding hydrogens is 209 g/mol. The van der Waals surface area contributed by atoms with Gasteiger partial charge in [-0.1, -0.05) is 0 Å². The highest BCUT2D eigenvalue weighted by Crippen LogP contribution is 2.15. The van der Waals surface area contributed by atoms with Crippen molar-refractivity contribution in [1.82, 2.24) is 0 Å². The van der Waals surface area contributed by atoms with Gasteiger partial charge in [0, 0.05) is 12.2 Å². The number of halogens is 1. The lowest BCUT2D eigenvalue weighted by Crippen LogP contribution is -2.11. The third-order valence-electron chi connectivity index (χ3n) is 2.14. The summed E-state index contributed by atoms with van der Waals surface area (Å²) in [6, 6.07) is 4.50. The maximum absolute atomic E-state index is 12.8. The van der Waals surface area contributed by atoms with Gasteiger partial charge in [0.1, 0.15) is 5.82 Å². The van der Waals surface area contributed by atoms with E-state index in [9.17, 15) is 9.18 Å². The Morgan fingerprint density at radius 2 is 2.25 bits per heavy atom. The Bertz CT molecular complexity index is 366. The van der Waals surface area contributed by atoms with Gasteiger partial charge in [0.15, 0.2) is 0 Å². The summed E-state index contributed by atoms with van der Waals surface area (Å²) >= 11 is 0. The van der Waals surface area contributed by atoms with E-state index in [2.05, 4.69) is 5.32 Å². The molecule has 0 saturated carbocycles. The summed E-state index contributed by atoms with van der Waals surface area (Å²) in [6.45, 7) is 4.48. The molecule has 0 bridgehead atoms. The fourth-order valence-corrected chi connectivity index (χ4v) is 1.36. The average Bonchev–Trinajstić information content (AvgIpc) is 2.22. The van der Waals surface area contributed by atoms with Crippen LogP contribution in [0.2, 0.25) is 0 Å². The zero-order valence-electron chi connectivity index (χ0n) is 9.55. The van der Waals surface area contributed by atoms with E-state index < -0.39 is 0 Å². The third-order valence-corrected chi connectivity index (χ3v) is 2.14. The number of aryl methyl sites for hydroxylation is 1. The lowest BCUT2D eigenvalue weighted by molar-refractivity contribution is -0.142. The van der Waals surface area contributed by atoms with Crippen LogP contribution in [-0.2, 0) is 9.53 Å². The third kappa shape index (κ3) is 3.88. The summed E-state index contributed by atoms with van der Waals surface area (Å²) in [7, 11) is 0. The molecule has 3 nitrogen and oxygen atoms in total. The monoisotopic (exact) mass is 225 g/mol. The number of hydrogen-bond acceptors (Lipinski definition) is 3. The highest BCUT2D eigenvalue weighted by atomic mass is 19.1. The van der Waals surface area contributed by atoms with Gasteiger partial charge in [0.05, 0.1) is 13.0 Å². The molecule has 0 aliphatic rings. The van der Waals surface area contributed by atoms with Crippen LogP contribution in [0.5, 0.6) is 0 Å². The van der Waals surface area contributed by atoms with Gasteiger partial charge in [-0.15, -0.1) is 0 Å². The maximum atomic E-state index is 12.8. The minimum Gasteiger partial charge on any atom is -0.466 e. The summed E-state index contributed by atoms with van der Waals surface area (Å²) in [5, 5.41) is 3.06. The van der Waals surface area contributed by atoms with Crippen LogP contribution < -0.4 is 5.32 Å². The van der Waals surface area contributed by atoms with Crippen molar-refractivity contribution in [3.05, 3.63) is 29.6 Å². The van der Waals surface area contributed by atoms with Gasteiger partial charge in [-0.05, 0) is 37.6 Å². The van der Waals surface area contributed by atoms with E-state index in [0.29, 0.717) is 19.6 Å². The van der Waals surface area contributed by atoms with Crippen LogP contribution >= 0.6 is 0 Å². The van der Waals surface area contributed by atoms with Crippen molar-refractivity contribution in [2.24, 2.45) is 0 Å². The van der Waals surface area contributed by atoms with E-state index in [-0.39, 0.29) is 11.8 Å². The first-order valence-corrected chi connectivity index (χ1v) is 5.29. The number of anilines is 1. The van der Waals surface area contributed by atoms with Crippen molar-refractivity contribution in [1.29, 1.82) is 0 Å². The van der Waals surface area contributed by atoms with Crippen molar-refractivity contribution in [3.8, 4) is 0 Å². The first-order valence-electron chi connectivity index (χ1n) is 5.29. The van der Waals surface area contributed by atoms with Crippen LogP contribution in [0.15, 0.2) is 18.2 Å². The standard InChI is InChI=1S/C12H16FNO2/c1-3-16-12(15)6-7-14-11-5-4-10(13)8-9(11)2/h4-5,8,14H,3,6-7H2,1-2H3. The molecular formula is C12H16FNO2. The number of benzene rings is 1. The van der Waals surface area contributed by atoms with Crippen molar-refractivity contribution in [2.75, 3.05) is 18.5 Å². The van der Waals surface area contributed by atoms with Gasteiger partial charge in [0.2, 0.25) is 0 Å². The molecule has 0 fully saturated rings. The van der Waals surface area contributed by atoms with E-state index in [4.69, 9.17) is 4.74 Å². The summed E-state index contributed by atoms with van der Waals surface area (Å²) in [5.74, 6) is -0.483. The number of hydrogen-bond donors (Lipinski definition) is 1. The van der Waals surface area contributed by atoms with Crippen LogP contribution in [0.1, 0.15) is 18.9 Å². The van der Waals surface area contributed by atoms with E-state index in [1.165, 1.54) is 12.1 Å². The predicted octanol–water partition coefficient (Wildman–Crippen LogP) is 2.50. The highest BCUT2D eigenvalue weighted by Gasteiger charge is 2.02. The molecule has 1 rings (SSSR count). The lowest BCUT2D eigenvalue weighted by Gasteiger charge is -2.08. The largest absolute Gasteiger partial charge is 0.466 e. The number of ether oxygens (including phenoxy) is 1. The molecule has 0 aliphatic carbocycles. The molecule has 0 heterocycles. The normalized spacial score (nSPS) is 9.94. The minimum absolute atomic E-state index is 0.227. The minimum atomic E-state index is -0.256. The van der Waals surface area contributed by atoms with Crippen LogP contribution in [-0.4, -0.2) is 19.1 Å². The quantitative estimate of drug-likeness (QED) is 0.782. The molecule has 1 aromatic rings. The Morgan fingerprint density at radius 1 is 1.50 bits per heavy atom. The van der Waals surface area contributed by atoms with Crippen molar-refractivity contribution >= 4 is 11.7 Å². The molecule has 0 unspecified atom stereocenters. The number of rotatable bonds is 5. The highest BCUT2D eigenvalue weighted by molar-refractivity contribution is 5.70. The van der Waals surface area contributed by atoms with Crippen LogP contribution in [0.25, 0.3) is 0 Å². The fourth-order valence-electron chi connectivity index (χ4n) is 1.36. The molecule has 88 valence electrons. The Kier molecular flexibility index (Phi) is 4.76. The van der Waals surface area contributed by atoms with Crippen molar-refractivity contribution in [2.45, 2.75) is 20.3 Å². The fraction of sp³-hybridized carbons (Fsp3) is 0.417. The summed E-state index contributed by atoms with van der Waals surface area (Å²) in [6.07, 6.45) is 0.310. The Balaban J connectivity index is 2.40. The van der Waals surface area contributed by atoms with E-state index in [1.54, 1.807) is 13.0 Å². The second-order valence-electron chi connectivity index (χ2n) is 3.44. The molecule has 0 radical (unpaired) electrons. The second-order valence-corrected chi connectivity index (χ2v) is 3.44. The lowest BCUT2D eigenvalue weighted by atomic mass is 10.2. The molecule has 16 heavy (non-hydrogen) atoms. The van der Waals surface area contributed by atoms with Gasteiger partial charge >= 0.3 is 5.97 Å². The Labute approximate surface area is 94.6 Å². The van der Waals surface area contributed by atoms with Crippen LogP contribution in [0, 0.1) is 12.7 Å². The van der Waals surface area contributed by atoms with Crippen molar-refractivity contribution in [3.63, 3.8) is 0 Å². The summed E-state index contributed by atoms with van der Waals surface area (Å²) in [4.78, 5) is 11.1. The second kappa shape index (κ2) is 6.10. The smallest absolute Gasteiger partial charge is 0.307 e. The molecule has 0 saturated heterocycles. The first kappa shape index (κ1) is 12.5. The number of carbonyl (C=O) groups excluding carboxylic acids is 1. The first-order chi connectivity index (χ1) is 7.63. The summed E-state index contributed by atoms with van der Waals surface area (Å²) < 4.78 is 17.6. The molecule has 0 spiro atoms. The average molecular weight is 225 g/mol. The van der Waals surface area contributed by atoms with Gasteiger partial charge < -0.3 is 10.1 Å². The topological polar surface area (TPSA) is 38.3 Å². The molecule has 4 heteroatoms. The van der Waals surface area contributed by atoms with E-state index >= 15 is 0 Å². The molecule has 0 aliphatic heterocycles. The van der Waals surface area contributed by atoms with Crippen LogP contribution in [0.3, 0.4) is 0 Å². The van der Waals surface area contributed by atoms with Gasteiger partial charge in [-0.25, -0.2) is 4.39 Å². The van der Waals surface area contributed by atoms with Crippen LogP contribution in [0.4, 0.5) is 10.1 Å². The number of carbonyl (C=O) groups is 1. The van der Waals surface area contributed by atoms with Gasteiger partial charge in [0.25, 0.3) is 0 Å². The number of esters is 1. The van der Waals surface area contributed by atoms with E-state index in [0.717, 1.165) is 11.3 Å².